The van der Waals surface area contributed by atoms with Crippen LogP contribution in [0.2, 0.25) is 0 Å². The fourth-order valence-electron chi connectivity index (χ4n) is 4.32. The first-order chi connectivity index (χ1) is 17.6. The van der Waals surface area contributed by atoms with Crippen LogP contribution in [0.3, 0.4) is 0 Å². The second-order valence-corrected chi connectivity index (χ2v) is 8.15. The van der Waals surface area contributed by atoms with Crippen LogP contribution in [0.25, 0.3) is 33.5 Å². The number of nitrogens with one attached hydrogen (secondary N) is 3. The molecule has 3 aromatic heterocycles. The maximum Gasteiger partial charge on any atom is 0.206 e. The van der Waals surface area contributed by atoms with E-state index in [-0.39, 0.29) is 5.82 Å². The lowest BCUT2D eigenvalue weighted by Gasteiger charge is -2.12. The molecule has 0 radical (unpaired) electrons. The summed E-state index contributed by atoms with van der Waals surface area (Å²) in [6.07, 6.45) is 1.53. The molecular weight excluding hydrogens is 461 g/mol. The molecule has 0 amide bonds. The van der Waals surface area contributed by atoms with Crippen molar-refractivity contribution >= 4 is 22.4 Å². The van der Waals surface area contributed by atoms with Crippen molar-refractivity contribution in [2.45, 2.75) is 20.4 Å². The zero-order valence-electron chi connectivity index (χ0n) is 20.2. The van der Waals surface area contributed by atoms with Gasteiger partial charge in [0.15, 0.2) is 5.82 Å². The highest BCUT2D eigenvalue weighted by atomic mass is 19.1. The Hall–Kier alpha value is -4.54. The van der Waals surface area contributed by atoms with E-state index >= 15 is 0 Å². The number of fused-ring (bicyclic) bond motifs is 1. The van der Waals surface area contributed by atoms with Gasteiger partial charge in [-0.15, -0.1) is 10.2 Å². The van der Waals surface area contributed by atoms with Crippen molar-refractivity contribution in [3.63, 3.8) is 0 Å². The highest BCUT2D eigenvalue weighted by Crippen LogP contribution is 2.32. The lowest BCUT2D eigenvalue weighted by Crippen LogP contribution is -2.12. The molecule has 0 saturated heterocycles. The molecule has 5 rings (SSSR count). The summed E-state index contributed by atoms with van der Waals surface area (Å²) in [6, 6.07) is 13.3. The summed E-state index contributed by atoms with van der Waals surface area (Å²) in [5.74, 6) is 1.47. The molecule has 0 spiro atoms. The number of tetrazole rings is 1. The predicted octanol–water partition coefficient (Wildman–Crippen LogP) is 4.28. The first kappa shape index (κ1) is 23.2. The molecule has 0 unspecified atom stereocenters. The number of methoxy groups -OCH3 is 1. The summed E-state index contributed by atoms with van der Waals surface area (Å²) in [5.41, 5.74) is 4.79. The normalized spacial score (nSPS) is 11.1. The largest absolute Gasteiger partial charge is 0.496 e. The number of H-pyrrole nitrogens is 1. The van der Waals surface area contributed by atoms with E-state index in [0.29, 0.717) is 41.6 Å². The number of anilines is 2. The van der Waals surface area contributed by atoms with Gasteiger partial charge in [0, 0.05) is 42.5 Å². The number of rotatable bonds is 9. The molecule has 2 aromatic carbocycles. The van der Waals surface area contributed by atoms with Crippen LogP contribution in [0.1, 0.15) is 12.6 Å². The monoisotopic (exact) mass is 487 g/mol. The van der Waals surface area contributed by atoms with Gasteiger partial charge in [0.25, 0.3) is 0 Å². The van der Waals surface area contributed by atoms with Crippen LogP contribution in [0, 0.1) is 12.7 Å². The van der Waals surface area contributed by atoms with Gasteiger partial charge in [-0.2, -0.15) is 5.21 Å². The summed E-state index contributed by atoms with van der Waals surface area (Å²) in [5, 5.41) is 21.5. The van der Waals surface area contributed by atoms with Crippen LogP contribution in [0.5, 0.6) is 5.75 Å². The minimum atomic E-state index is -0.257. The number of nitrogens with zero attached hydrogens (tertiary/aromatic N) is 6. The number of benzene rings is 2. The molecule has 0 fully saturated rings. The second kappa shape index (κ2) is 9.98. The lowest BCUT2D eigenvalue weighted by molar-refractivity contribution is 0.418. The predicted molar refractivity (Wildman–Crippen MR) is 136 cm³/mol. The molecule has 3 heterocycles. The maximum atomic E-state index is 14.9. The SMILES string of the molecule is CCNc1cc(-c2cc(NCCn3c(C)c(F)c4c(OC)cccc43)ncn2)ccc1-c1nn[nH]n1. The summed E-state index contributed by atoms with van der Waals surface area (Å²) in [4.78, 5) is 8.81. The first-order valence-corrected chi connectivity index (χ1v) is 11.6. The van der Waals surface area contributed by atoms with Gasteiger partial charge in [-0.25, -0.2) is 14.4 Å². The third kappa shape index (κ3) is 4.30. The number of hydrogen-bond donors (Lipinski definition) is 3. The van der Waals surface area contributed by atoms with Crippen molar-refractivity contribution < 1.29 is 9.13 Å². The van der Waals surface area contributed by atoms with Gasteiger partial charge in [-0.3, -0.25) is 0 Å². The number of aromatic nitrogens is 7. The zero-order valence-corrected chi connectivity index (χ0v) is 20.2. The Morgan fingerprint density at radius 3 is 2.78 bits per heavy atom. The average Bonchev–Trinajstić information content (AvgIpc) is 3.52. The van der Waals surface area contributed by atoms with Gasteiger partial charge in [0.05, 0.1) is 29.4 Å². The van der Waals surface area contributed by atoms with Gasteiger partial charge < -0.3 is 19.9 Å². The molecule has 5 aromatic rings. The number of hydrogen-bond acceptors (Lipinski definition) is 8. The summed E-state index contributed by atoms with van der Waals surface area (Å²) in [7, 11) is 1.55. The Bertz CT molecular complexity index is 1500. The first-order valence-electron chi connectivity index (χ1n) is 11.6. The molecule has 0 saturated carbocycles. The highest BCUT2D eigenvalue weighted by Gasteiger charge is 2.17. The lowest BCUT2D eigenvalue weighted by atomic mass is 10.1. The molecule has 3 N–H and O–H groups in total. The fraction of sp³-hybridized carbons (Fsp3) is 0.240. The molecule has 0 aliphatic rings. The molecular formula is C25H26FN9O. The smallest absolute Gasteiger partial charge is 0.206 e. The summed E-state index contributed by atoms with van der Waals surface area (Å²) in [6.45, 7) is 5.65. The van der Waals surface area contributed by atoms with Gasteiger partial charge in [-0.1, -0.05) is 12.1 Å². The van der Waals surface area contributed by atoms with Crippen LogP contribution in [0.15, 0.2) is 48.8 Å². The van der Waals surface area contributed by atoms with E-state index in [2.05, 4.69) is 41.2 Å². The van der Waals surface area contributed by atoms with Crippen molar-refractivity contribution in [1.29, 1.82) is 0 Å². The number of halogens is 1. The van der Waals surface area contributed by atoms with E-state index in [1.54, 1.807) is 20.1 Å². The average molecular weight is 488 g/mol. The van der Waals surface area contributed by atoms with E-state index < -0.39 is 0 Å². The topological polar surface area (TPSA) is 118 Å². The number of ether oxygens (including phenoxy) is 1. The quantitative estimate of drug-likeness (QED) is 0.282. The molecule has 184 valence electrons. The van der Waals surface area contributed by atoms with Crippen molar-refractivity contribution in [3.8, 4) is 28.4 Å². The Labute approximate surface area is 206 Å². The minimum absolute atomic E-state index is 0.257. The van der Waals surface area contributed by atoms with Gasteiger partial charge in [0.2, 0.25) is 5.82 Å². The second-order valence-electron chi connectivity index (χ2n) is 8.15. The minimum Gasteiger partial charge on any atom is -0.496 e. The van der Waals surface area contributed by atoms with Gasteiger partial charge in [-0.05, 0) is 43.3 Å². The molecule has 0 atom stereocenters. The van der Waals surface area contributed by atoms with Crippen LogP contribution in [-0.2, 0) is 6.54 Å². The van der Waals surface area contributed by atoms with Crippen LogP contribution < -0.4 is 15.4 Å². The molecule has 36 heavy (non-hydrogen) atoms. The fourth-order valence-corrected chi connectivity index (χ4v) is 4.32. The molecule has 0 aliphatic carbocycles. The van der Waals surface area contributed by atoms with E-state index in [4.69, 9.17) is 4.74 Å². The third-order valence-corrected chi connectivity index (χ3v) is 6.03. The maximum absolute atomic E-state index is 14.9. The van der Waals surface area contributed by atoms with Crippen LogP contribution in [0.4, 0.5) is 15.9 Å². The van der Waals surface area contributed by atoms with Crippen LogP contribution >= 0.6 is 0 Å². The van der Waals surface area contributed by atoms with E-state index in [9.17, 15) is 4.39 Å². The van der Waals surface area contributed by atoms with E-state index in [1.165, 1.54) is 6.33 Å². The van der Waals surface area contributed by atoms with Crippen molar-refractivity contribution in [3.05, 3.63) is 60.3 Å². The van der Waals surface area contributed by atoms with Crippen molar-refractivity contribution in [2.24, 2.45) is 0 Å². The Balaban J connectivity index is 1.35. The van der Waals surface area contributed by atoms with Crippen molar-refractivity contribution in [2.75, 3.05) is 30.8 Å². The third-order valence-electron chi connectivity index (χ3n) is 6.03. The molecule has 11 heteroatoms. The zero-order chi connectivity index (χ0) is 25.1. The summed E-state index contributed by atoms with van der Waals surface area (Å²) < 4.78 is 22.2. The molecule has 0 aliphatic heterocycles. The standard InChI is InChI=1S/C25H26FN9O/c1-4-27-19-12-16(8-9-17(19)25-31-33-34-32-25)18-13-22(30-14-29-18)28-10-11-35-15(2)24(26)23-20(35)6-5-7-21(23)36-3/h5-9,12-14,27H,4,10-11H2,1-3H3,(H,28,29,30)(H,31,32,33,34). The van der Waals surface area contributed by atoms with Crippen LogP contribution in [-0.4, -0.2) is 55.4 Å². The molecule has 0 bridgehead atoms. The Kier molecular flexibility index (Phi) is 6.44. The Morgan fingerprint density at radius 1 is 1.11 bits per heavy atom. The van der Waals surface area contributed by atoms with Crippen molar-refractivity contribution in [1.82, 2.24) is 35.2 Å². The highest BCUT2D eigenvalue weighted by molar-refractivity contribution is 5.88. The van der Waals surface area contributed by atoms with E-state index in [0.717, 1.165) is 34.6 Å². The van der Waals surface area contributed by atoms with Gasteiger partial charge in [0.1, 0.15) is 17.9 Å². The Morgan fingerprint density at radius 2 is 2.00 bits per heavy atom. The van der Waals surface area contributed by atoms with E-state index in [1.807, 2.05) is 47.9 Å². The summed E-state index contributed by atoms with van der Waals surface area (Å²) >= 11 is 0. The number of aromatic amines is 1. The molecule has 10 nitrogen and oxygen atoms in total. The van der Waals surface area contributed by atoms with Gasteiger partial charge >= 0.3 is 0 Å².